The van der Waals surface area contributed by atoms with Gasteiger partial charge in [0.1, 0.15) is 0 Å². The number of nitrogens with zero attached hydrogens (tertiary/aromatic N) is 2. The molecule has 0 bridgehead atoms. The molecule has 0 N–H and O–H groups in total. The number of ether oxygens (including phenoxy) is 2. The van der Waals surface area contributed by atoms with Crippen LogP contribution < -0.4 is 14.4 Å². The second-order valence-electron chi connectivity index (χ2n) is 2.91. The molecule has 0 fully saturated rings. The van der Waals surface area contributed by atoms with Gasteiger partial charge in [-0.15, -0.1) is 0 Å². The molecule has 0 amide bonds. The van der Waals surface area contributed by atoms with Crippen LogP contribution in [0.25, 0.3) is 0 Å². The molecular weight excluding hydrogens is 204 g/mol. The summed E-state index contributed by atoms with van der Waals surface area (Å²) in [6.07, 6.45) is 1.85. The number of pyridine rings is 1. The maximum Gasteiger partial charge on any atom is 0.346 e. The van der Waals surface area contributed by atoms with Crippen molar-refractivity contribution in [2.75, 3.05) is 33.0 Å². The van der Waals surface area contributed by atoms with E-state index in [1.54, 1.807) is 17.9 Å². The van der Waals surface area contributed by atoms with Crippen molar-refractivity contribution in [3.63, 3.8) is 0 Å². The Hall–Kier alpha value is -1.00. The Bertz CT molecular complexity index is 305. The molecule has 1 heterocycles. The molecule has 4 nitrogen and oxygen atoms in total. The Kier molecular flexibility index (Phi) is 3.98. The van der Waals surface area contributed by atoms with E-state index in [0.717, 1.165) is 0 Å². The quantitative estimate of drug-likeness (QED) is 0.424. The predicted molar refractivity (Wildman–Crippen MR) is 54.2 cm³/mol. The van der Waals surface area contributed by atoms with Crippen molar-refractivity contribution in [2.45, 2.75) is 0 Å². The van der Waals surface area contributed by atoms with Crippen molar-refractivity contribution >= 4 is 11.6 Å². The molecule has 78 valence electrons. The van der Waals surface area contributed by atoms with Gasteiger partial charge in [-0.3, -0.25) is 0 Å². The Morgan fingerprint density at radius 1 is 1.50 bits per heavy atom. The molecule has 14 heavy (non-hydrogen) atoms. The van der Waals surface area contributed by atoms with Crippen LogP contribution in [-0.2, 0) is 4.74 Å². The standard InChI is InChI=1S/C9H14ClN2O2/c1-11(2)12-6-4-5-8(9(12)10)14-7-13-3/h4-6H,7H2,1-3H3/q+1. The summed E-state index contributed by atoms with van der Waals surface area (Å²) in [5.74, 6) is 0.602. The minimum atomic E-state index is 0.192. The van der Waals surface area contributed by atoms with Crippen LogP contribution in [0.5, 0.6) is 5.75 Å². The third kappa shape index (κ3) is 2.49. The third-order valence-corrected chi connectivity index (χ3v) is 2.00. The van der Waals surface area contributed by atoms with Gasteiger partial charge in [-0.2, -0.15) is 5.01 Å². The molecule has 0 spiro atoms. The summed E-state index contributed by atoms with van der Waals surface area (Å²) >= 11 is 6.08. The van der Waals surface area contributed by atoms with Gasteiger partial charge in [-0.25, -0.2) is 0 Å². The summed E-state index contributed by atoms with van der Waals surface area (Å²) in [5.41, 5.74) is 0. The van der Waals surface area contributed by atoms with Gasteiger partial charge in [0.15, 0.2) is 6.79 Å². The summed E-state index contributed by atoms with van der Waals surface area (Å²) in [5, 5.41) is 2.37. The first kappa shape index (κ1) is 11.1. The van der Waals surface area contributed by atoms with E-state index >= 15 is 0 Å². The molecule has 0 saturated heterocycles. The highest BCUT2D eigenvalue weighted by Crippen LogP contribution is 2.18. The van der Waals surface area contributed by atoms with Gasteiger partial charge in [0.05, 0.1) is 14.1 Å². The van der Waals surface area contributed by atoms with Gasteiger partial charge in [0.25, 0.3) is 0 Å². The Balaban J connectivity index is 2.89. The maximum atomic E-state index is 6.08. The first-order valence-corrected chi connectivity index (χ1v) is 4.54. The van der Waals surface area contributed by atoms with E-state index in [9.17, 15) is 0 Å². The van der Waals surface area contributed by atoms with E-state index in [4.69, 9.17) is 21.1 Å². The first-order chi connectivity index (χ1) is 6.66. The lowest BCUT2D eigenvalue weighted by Gasteiger charge is -2.09. The number of aromatic nitrogens is 1. The van der Waals surface area contributed by atoms with Crippen molar-refractivity contribution in [1.82, 2.24) is 0 Å². The highest BCUT2D eigenvalue weighted by atomic mass is 35.5. The fraction of sp³-hybridized carbons (Fsp3) is 0.444. The van der Waals surface area contributed by atoms with Gasteiger partial charge < -0.3 is 9.47 Å². The molecule has 0 radical (unpaired) electrons. The third-order valence-electron chi connectivity index (χ3n) is 1.64. The first-order valence-electron chi connectivity index (χ1n) is 4.16. The molecule has 0 aliphatic rings. The van der Waals surface area contributed by atoms with E-state index in [1.165, 1.54) is 0 Å². The smallest absolute Gasteiger partial charge is 0.346 e. The number of hydrogen-bond acceptors (Lipinski definition) is 3. The molecule has 1 rings (SSSR count). The highest BCUT2D eigenvalue weighted by Gasteiger charge is 2.16. The zero-order chi connectivity index (χ0) is 10.6. The van der Waals surface area contributed by atoms with Gasteiger partial charge >= 0.3 is 5.15 Å². The van der Waals surface area contributed by atoms with Crippen molar-refractivity contribution in [3.05, 3.63) is 23.5 Å². The van der Waals surface area contributed by atoms with Crippen molar-refractivity contribution in [1.29, 1.82) is 0 Å². The highest BCUT2D eigenvalue weighted by molar-refractivity contribution is 6.29. The maximum absolute atomic E-state index is 6.08. The molecule has 0 unspecified atom stereocenters. The van der Waals surface area contributed by atoms with Crippen LogP contribution in [0.1, 0.15) is 0 Å². The lowest BCUT2D eigenvalue weighted by atomic mass is 10.4. The van der Waals surface area contributed by atoms with E-state index in [2.05, 4.69) is 0 Å². The van der Waals surface area contributed by atoms with Crippen LogP contribution in [-0.4, -0.2) is 28.0 Å². The molecular formula is C9H14ClN2O2+. The SMILES string of the molecule is COCOc1ccc[n+](N(C)C)c1Cl. The van der Waals surface area contributed by atoms with Gasteiger partial charge in [-0.05, 0) is 17.7 Å². The number of hydrogen-bond donors (Lipinski definition) is 0. The summed E-state index contributed by atoms with van der Waals surface area (Å²) in [7, 11) is 5.36. The second-order valence-corrected chi connectivity index (χ2v) is 3.26. The monoisotopic (exact) mass is 217 g/mol. The van der Waals surface area contributed by atoms with Crippen LogP contribution >= 0.6 is 11.6 Å². The molecule has 0 aliphatic carbocycles. The van der Waals surface area contributed by atoms with E-state index in [-0.39, 0.29) is 6.79 Å². The average molecular weight is 218 g/mol. The average Bonchev–Trinajstić information content (AvgIpc) is 2.16. The predicted octanol–water partition coefficient (Wildman–Crippen LogP) is 0.808. The van der Waals surface area contributed by atoms with Crippen LogP contribution in [0.2, 0.25) is 5.15 Å². The Morgan fingerprint density at radius 2 is 2.21 bits per heavy atom. The van der Waals surface area contributed by atoms with Crippen LogP contribution in [0.4, 0.5) is 0 Å². The van der Waals surface area contributed by atoms with E-state index < -0.39 is 0 Å². The molecule has 0 aliphatic heterocycles. The number of methoxy groups -OCH3 is 1. The normalized spacial score (nSPS) is 10.0. The lowest BCUT2D eigenvalue weighted by molar-refractivity contribution is -0.685. The molecule has 1 aromatic rings. The van der Waals surface area contributed by atoms with Crippen LogP contribution in [0.15, 0.2) is 18.3 Å². The Labute approximate surface area is 88.6 Å². The zero-order valence-corrected chi connectivity index (χ0v) is 9.28. The van der Waals surface area contributed by atoms with Gasteiger partial charge in [0, 0.05) is 13.2 Å². The summed E-state index contributed by atoms with van der Waals surface area (Å²) in [4.78, 5) is 0. The number of rotatable bonds is 4. The summed E-state index contributed by atoms with van der Waals surface area (Å²) in [6, 6.07) is 3.65. The largest absolute Gasteiger partial charge is 0.459 e. The minimum absolute atomic E-state index is 0.192. The van der Waals surface area contributed by atoms with Crippen molar-refractivity contribution in [2.24, 2.45) is 0 Å². The fourth-order valence-corrected chi connectivity index (χ4v) is 1.32. The van der Waals surface area contributed by atoms with E-state index in [0.29, 0.717) is 10.9 Å². The number of halogens is 1. The molecule has 5 heteroatoms. The molecule has 1 aromatic heterocycles. The van der Waals surface area contributed by atoms with Gasteiger partial charge in [0.2, 0.25) is 11.9 Å². The summed E-state index contributed by atoms with van der Waals surface area (Å²) in [6.45, 7) is 0.192. The topological polar surface area (TPSA) is 25.6 Å². The van der Waals surface area contributed by atoms with Gasteiger partial charge in [-0.1, -0.05) is 4.68 Å². The van der Waals surface area contributed by atoms with Crippen molar-refractivity contribution in [3.8, 4) is 5.75 Å². The second kappa shape index (κ2) is 5.02. The zero-order valence-electron chi connectivity index (χ0n) is 8.53. The van der Waals surface area contributed by atoms with Crippen LogP contribution in [0, 0.1) is 0 Å². The van der Waals surface area contributed by atoms with E-state index in [1.807, 2.05) is 31.4 Å². The molecule has 0 atom stereocenters. The van der Waals surface area contributed by atoms with Crippen molar-refractivity contribution < 1.29 is 14.1 Å². The van der Waals surface area contributed by atoms with Crippen LogP contribution in [0.3, 0.4) is 0 Å². The molecule has 0 aromatic carbocycles. The fourth-order valence-electron chi connectivity index (χ4n) is 0.998. The Morgan fingerprint density at radius 3 is 2.79 bits per heavy atom. The minimum Gasteiger partial charge on any atom is -0.459 e. The molecule has 0 saturated carbocycles. The lowest BCUT2D eigenvalue weighted by Crippen LogP contribution is -2.53. The summed E-state index contributed by atoms with van der Waals surface area (Å²) < 4.78 is 11.8.